The van der Waals surface area contributed by atoms with Gasteiger partial charge in [0.2, 0.25) is 0 Å². The molecule has 0 radical (unpaired) electrons. The summed E-state index contributed by atoms with van der Waals surface area (Å²) in [5.74, 6) is -1.35. The molecule has 0 saturated carbocycles. The predicted octanol–water partition coefficient (Wildman–Crippen LogP) is 3.73. The minimum atomic E-state index is -0.991. The average Bonchev–Trinajstić information content (AvgIpc) is 3.12. The van der Waals surface area contributed by atoms with Gasteiger partial charge in [-0.1, -0.05) is 46.3 Å². The van der Waals surface area contributed by atoms with Crippen molar-refractivity contribution in [3.8, 4) is 16.9 Å². The van der Waals surface area contributed by atoms with Crippen LogP contribution >= 0.6 is 15.9 Å². The van der Waals surface area contributed by atoms with Crippen LogP contribution < -0.4 is 5.73 Å². The van der Waals surface area contributed by atoms with Crippen LogP contribution in [0.15, 0.2) is 71.3 Å². The second-order valence-corrected chi connectivity index (χ2v) is 6.95. The highest BCUT2D eigenvalue weighted by Crippen LogP contribution is 2.26. The number of nitrogens with zero attached hydrogens (tertiary/aromatic N) is 2. The third-order valence-electron chi connectivity index (χ3n) is 3.97. The Kier molecular flexibility index (Phi) is 6.06. The number of para-hydroxylation sites is 1. The second-order valence-electron chi connectivity index (χ2n) is 6.03. The van der Waals surface area contributed by atoms with Crippen molar-refractivity contribution in [3.05, 3.63) is 76.9 Å². The van der Waals surface area contributed by atoms with Crippen LogP contribution in [0.2, 0.25) is 0 Å². The van der Waals surface area contributed by atoms with Crippen LogP contribution in [0.4, 0.5) is 0 Å². The predicted molar refractivity (Wildman–Crippen MR) is 110 cm³/mol. The van der Waals surface area contributed by atoms with Gasteiger partial charge in [0, 0.05) is 27.9 Å². The summed E-state index contributed by atoms with van der Waals surface area (Å²) < 4.78 is 7.66. The van der Waals surface area contributed by atoms with E-state index in [1.807, 2.05) is 60.8 Å². The van der Waals surface area contributed by atoms with Gasteiger partial charge in [-0.15, -0.1) is 0 Å². The van der Waals surface area contributed by atoms with Crippen molar-refractivity contribution in [3.63, 3.8) is 0 Å². The SMILES string of the molecule is CC(OC(=O)/C=C/c1cn(-c2ccccc2)nc1-c1ccc(Br)cc1)C(N)=O. The molecular weight excluding hydrogens is 422 g/mol. The molecule has 2 aromatic carbocycles. The van der Waals surface area contributed by atoms with Crippen LogP contribution in [0.1, 0.15) is 12.5 Å². The van der Waals surface area contributed by atoms with Gasteiger partial charge in [-0.2, -0.15) is 5.10 Å². The molecule has 0 aliphatic carbocycles. The molecular formula is C21H18BrN3O3. The van der Waals surface area contributed by atoms with Crippen LogP contribution in [0.25, 0.3) is 23.0 Å². The van der Waals surface area contributed by atoms with Crippen LogP contribution in [0.3, 0.4) is 0 Å². The zero-order valence-corrected chi connectivity index (χ0v) is 16.7. The molecule has 0 bridgehead atoms. The Morgan fingerprint density at radius 3 is 2.46 bits per heavy atom. The normalized spacial score (nSPS) is 12.1. The molecule has 142 valence electrons. The van der Waals surface area contributed by atoms with Gasteiger partial charge >= 0.3 is 5.97 Å². The van der Waals surface area contributed by atoms with E-state index >= 15 is 0 Å². The quantitative estimate of drug-likeness (QED) is 0.468. The lowest BCUT2D eigenvalue weighted by molar-refractivity contribution is -0.148. The molecule has 1 atom stereocenters. The molecule has 0 saturated heterocycles. The van der Waals surface area contributed by atoms with Crippen LogP contribution in [0.5, 0.6) is 0 Å². The number of carbonyl (C=O) groups is 2. The van der Waals surface area contributed by atoms with Gasteiger partial charge < -0.3 is 10.5 Å². The van der Waals surface area contributed by atoms with Crippen molar-refractivity contribution in [2.75, 3.05) is 0 Å². The highest BCUT2D eigenvalue weighted by atomic mass is 79.9. The zero-order valence-electron chi connectivity index (χ0n) is 15.1. The first-order valence-electron chi connectivity index (χ1n) is 8.53. The maximum Gasteiger partial charge on any atom is 0.331 e. The Labute approximate surface area is 170 Å². The number of esters is 1. The second kappa shape index (κ2) is 8.67. The molecule has 1 amide bonds. The number of amides is 1. The Hall–Kier alpha value is -3.19. The van der Waals surface area contributed by atoms with E-state index in [-0.39, 0.29) is 0 Å². The summed E-state index contributed by atoms with van der Waals surface area (Å²) in [6.45, 7) is 1.43. The van der Waals surface area contributed by atoms with Gasteiger partial charge in [-0.3, -0.25) is 4.79 Å². The molecule has 0 aliphatic heterocycles. The first-order chi connectivity index (χ1) is 13.4. The standard InChI is InChI=1S/C21H18BrN3O3/c1-14(21(23)27)28-19(26)12-9-16-13-25(18-5-3-2-4-6-18)24-20(16)15-7-10-17(22)11-8-15/h2-14H,1H3,(H2,23,27)/b12-9+. The fourth-order valence-corrected chi connectivity index (χ4v) is 2.75. The van der Waals surface area contributed by atoms with Gasteiger partial charge in [-0.05, 0) is 37.3 Å². The molecule has 0 spiro atoms. The summed E-state index contributed by atoms with van der Waals surface area (Å²) in [5.41, 5.74) is 8.35. The third kappa shape index (κ3) is 4.75. The van der Waals surface area contributed by atoms with Crippen LogP contribution in [0, 0.1) is 0 Å². The number of hydrogen-bond donors (Lipinski definition) is 1. The summed E-state index contributed by atoms with van der Waals surface area (Å²) >= 11 is 3.42. The minimum absolute atomic E-state index is 0.652. The van der Waals surface area contributed by atoms with E-state index in [0.29, 0.717) is 5.69 Å². The molecule has 6 nitrogen and oxygen atoms in total. The number of benzene rings is 2. The summed E-state index contributed by atoms with van der Waals surface area (Å²) in [4.78, 5) is 23.0. The molecule has 3 aromatic rings. The number of ether oxygens (including phenoxy) is 1. The van der Waals surface area contributed by atoms with Crippen LogP contribution in [-0.2, 0) is 14.3 Å². The van der Waals surface area contributed by atoms with Crippen LogP contribution in [-0.4, -0.2) is 27.8 Å². The van der Waals surface area contributed by atoms with Crippen molar-refractivity contribution in [1.29, 1.82) is 0 Å². The molecule has 28 heavy (non-hydrogen) atoms. The van der Waals surface area contributed by atoms with Crippen molar-refractivity contribution >= 4 is 33.9 Å². The lowest BCUT2D eigenvalue weighted by atomic mass is 10.1. The zero-order chi connectivity index (χ0) is 20.1. The van der Waals surface area contributed by atoms with Gasteiger partial charge in [0.25, 0.3) is 5.91 Å². The van der Waals surface area contributed by atoms with Crippen molar-refractivity contribution < 1.29 is 14.3 Å². The highest BCUT2D eigenvalue weighted by molar-refractivity contribution is 9.10. The van der Waals surface area contributed by atoms with Crippen molar-refractivity contribution in [2.45, 2.75) is 13.0 Å². The van der Waals surface area contributed by atoms with E-state index in [0.717, 1.165) is 21.3 Å². The number of nitrogens with two attached hydrogens (primary N) is 1. The molecule has 0 aliphatic rings. The van der Waals surface area contributed by atoms with Gasteiger partial charge in [0.15, 0.2) is 6.10 Å². The number of rotatable bonds is 6. The Morgan fingerprint density at radius 2 is 1.82 bits per heavy atom. The summed E-state index contributed by atoms with van der Waals surface area (Å²) in [7, 11) is 0. The molecule has 1 aromatic heterocycles. The molecule has 0 fully saturated rings. The Balaban J connectivity index is 1.95. The van der Waals surface area contributed by atoms with Gasteiger partial charge in [0.1, 0.15) is 0 Å². The van der Waals surface area contributed by atoms with E-state index in [4.69, 9.17) is 10.5 Å². The van der Waals surface area contributed by atoms with Gasteiger partial charge in [-0.25, -0.2) is 9.48 Å². The minimum Gasteiger partial charge on any atom is -0.449 e. The summed E-state index contributed by atoms with van der Waals surface area (Å²) in [6.07, 6.45) is 3.71. The van der Waals surface area contributed by atoms with Crippen molar-refractivity contribution in [2.24, 2.45) is 5.73 Å². The topological polar surface area (TPSA) is 87.2 Å². The highest BCUT2D eigenvalue weighted by Gasteiger charge is 2.14. The molecule has 7 heteroatoms. The fraction of sp³-hybridized carbons (Fsp3) is 0.0952. The number of halogens is 1. The number of carbonyl (C=O) groups excluding carboxylic acids is 2. The molecule has 1 unspecified atom stereocenters. The smallest absolute Gasteiger partial charge is 0.331 e. The third-order valence-corrected chi connectivity index (χ3v) is 4.50. The maximum atomic E-state index is 12.0. The largest absolute Gasteiger partial charge is 0.449 e. The van der Waals surface area contributed by atoms with E-state index in [1.54, 1.807) is 10.8 Å². The Bertz CT molecular complexity index is 1010. The molecule has 1 heterocycles. The lowest BCUT2D eigenvalue weighted by Crippen LogP contribution is -2.29. The summed E-state index contributed by atoms with van der Waals surface area (Å²) in [5, 5.41) is 4.67. The van der Waals surface area contributed by atoms with E-state index in [9.17, 15) is 9.59 Å². The van der Waals surface area contributed by atoms with E-state index < -0.39 is 18.0 Å². The van der Waals surface area contributed by atoms with Gasteiger partial charge in [0.05, 0.1) is 11.4 Å². The Morgan fingerprint density at radius 1 is 1.14 bits per heavy atom. The monoisotopic (exact) mass is 439 g/mol. The first-order valence-corrected chi connectivity index (χ1v) is 9.32. The van der Waals surface area contributed by atoms with E-state index in [1.165, 1.54) is 13.0 Å². The average molecular weight is 440 g/mol. The fourth-order valence-electron chi connectivity index (χ4n) is 2.48. The molecule has 3 rings (SSSR count). The lowest BCUT2D eigenvalue weighted by Gasteiger charge is -2.06. The summed E-state index contributed by atoms with van der Waals surface area (Å²) in [6, 6.07) is 17.4. The maximum absolute atomic E-state index is 12.0. The van der Waals surface area contributed by atoms with Crippen molar-refractivity contribution in [1.82, 2.24) is 9.78 Å². The number of primary amides is 1. The molecule has 2 N–H and O–H groups in total. The number of aromatic nitrogens is 2. The number of hydrogen-bond acceptors (Lipinski definition) is 4. The van der Waals surface area contributed by atoms with E-state index in [2.05, 4.69) is 21.0 Å². The first kappa shape index (κ1) is 19.6.